The lowest BCUT2D eigenvalue weighted by Crippen LogP contribution is -2.17. The van der Waals surface area contributed by atoms with Gasteiger partial charge in [-0.2, -0.15) is 9.74 Å². The zero-order valence-corrected chi connectivity index (χ0v) is 35.4. The second-order valence-electron chi connectivity index (χ2n) is 8.15. The highest BCUT2D eigenvalue weighted by Crippen LogP contribution is 2.59. The Kier molecular flexibility index (Phi) is 11.4. The van der Waals surface area contributed by atoms with Gasteiger partial charge in [-0.25, -0.2) is 0 Å². The monoisotopic (exact) mass is 1150 g/mol. The number of amidine groups is 2. The van der Waals surface area contributed by atoms with E-state index in [2.05, 4.69) is 148 Å². The topological polar surface area (TPSA) is 64.8 Å². The maximum Gasteiger partial charge on any atom is 0.455 e. The van der Waals surface area contributed by atoms with Crippen LogP contribution in [0.5, 0.6) is 17.2 Å². The van der Waals surface area contributed by atoms with Gasteiger partial charge >= 0.3 is 13.7 Å². The fraction of sp³-hybridized carbons (Fsp3) is 0. The Morgan fingerprint density at radius 1 is 0.524 bits per heavy atom. The highest BCUT2D eigenvalue weighted by atomic mass is 79.9. The van der Waals surface area contributed by atoms with Crippen LogP contribution in [0.1, 0.15) is 5.56 Å². The van der Waals surface area contributed by atoms with Crippen LogP contribution in [0.25, 0.3) is 0 Å². The Bertz CT molecular complexity index is 1700. The Morgan fingerprint density at radius 2 is 0.929 bits per heavy atom. The van der Waals surface area contributed by atoms with E-state index >= 15 is 0 Å². The third kappa shape index (κ3) is 7.93. The fourth-order valence-corrected chi connectivity index (χ4v) is 13.0. The van der Waals surface area contributed by atoms with Gasteiger partial charge in [0, 0.05) is 19.0 Å². The lowest BCUT2D eigenvalue weighted by Gasteiger charge is -2.26. The van der Waals surface area contributed by atoms with Crippen molar-refractivity contribution in [2.45, 2.75) is 0 Å². The van der Waals surface area contributed by atoms with Crippen molar-refractivity contribution in [2.24, 2.45) is 14.5 Å². The van der Waals surface area contributed by atoms with Crippen LogP contribution in [-0.2, 0) is 0 Å². The van der Waals surface area contributed by atoms with Crippen LogP contribution in [0, 0.1) is 0 Å². The van der Waals surface area contributed by atoms with Crippen molar-refractivity contribution in [2.75, 3.05) is 0 Å². The number of nitrogens with zero attached hydrogens (tertiary/aromatic N) is 3. The number of ether oxygens (including phenoxy) is 1. The lowest BCUT2D eigenvalue weighted by molar-refractivity contribution is 0.465. The summed E-state index contributed by atoms with van der Waals surface area (Å²) < 4.78 is 35.9. The molecule has 4 aromatic carbocycles. The van der Waals surface area contributed by atoms with Gasteiger partial charge < -0.3 is 13.8 Å². The van der Waals surface area contributed by atoms with Gasteiger partial charge in [0.15, 0.2) is 23.1 Å². The molecular weight excluding hydrogens is 1150 g/mol. The summed E-state index contributed by atoms with van der Waals surface area (Å²) in [5.74, 6) is 1.66. The van der Waals surface area contributed by atoms with Gasteiger partial charge in [0.1, 0.15) is 0 Å². The van der Waals surface area contributed by atoms with Crippen LogP contribution in [0.4, 0.5) is 0 Å². The number of rotatable bonds is 6. The van der Waals surface area contributed by atoms with E-state index in [0.29, 0.717) is 49.9 Å². The van der Waals surface area contributed by atoms with Crippen LogP contribution in [-0.4, -0.2) is 11.9 Å². The van der Waals surface area contributed by atoms with E-state index in [1.54, 1.807) is 0 Å². The largest absolute Gasteiger partial charge is 0.455 e. The normalized spacial score (nSPS) is 14.0. The van der Waals surface area contributed by atoms with Gasteiger partial charge in [-0.1, -0.05) is 78.1 Å². The number of halogens is 9. The van der Waals surface area contributed by atoms with E-state index in [1.165, 1.54) is 0 Å². The van der Waals surface area contributed by atoms with Crippen LogP contribution >= 0.6 is 151 Å². The standard InChI is InChI=1S/C26H11Br9N3O3P/c27-13-6-16(30)22(17(31)7-13)39-26-36-25(12-4-2-1-3-5-12)37-42(38-26,40-23-18(32)8-14(28)9-19(23)33)41-24-20(34)10-15(29)11-21(24)35/h1-11H. The summed E-state index contributed by atoms with van der Waals surface area (Å²) in [4.78, 5) is 4.68. The van der Waals surface area contributed by atoms with Crippen molar-refractivity contribution >= 4 is 163 Å². The summed E-state index contributed by atoms with van der Waals surface area (Å²) in [7, 11) is -3.66. The Labute approximate surface area is 316 Å². The quantitative estimate of drug-likeness (QED) is 0.181. The minimum atomic E-state index is -3.66. The van der Waals surface area contributed by atoms with Crippen molar-refractivity contribution in [3.05, 3.63) is 113 Å². The molecular formula is C26H11Br9N3O3P. The average molecular weight is 1160 g/mol. The third-order valence-corrected chi connectivity index (χ3v) is 11.8. The third-order valence-electron chi connectivity index (χ3n) is 5.17. The smallest absolute Gasteiger partial charge is 0.422 e. The molecule has 6 nitrogen and oxygen atoms in total. The minimum Gasteiger partial charge on any atom is -0.422 e. The predicted octanol–water partition coefficient (Wildman–Crippen LogP) is 13.8. The maximum atomic E-state index is 6.68. The molecule has 0 radical (unpaired) electrons. The molecule has 0 amide bonds. The van der Waals surface area contributed by atoms with Crippen molar-refractivity contribution in [3.8, 4) is 17.2 Å². The molecule has 1 aliphatic heterocycles. The summed E-state index contributed by atoms with van der Waals surface area (Å²) in [6.07, 6.45) is 0. The van der Waals surface area contributed by atoms with Gasteiger partial charge in [0.25, 0.3) is 0 Å². The van der Waals surface area contributed by atoms with Gasteiger partial charge in [-0.3, -0.25) is 0 Å². The van der Waals surface area contributed by atoms with Crippen molar-refractivity contribution in [1.29, 1.82) is 0 Å². The summed E-state index contributed by atoms with van der Waals surface area (Å²) in [5.41, 5.74) is 0.724. The molecule has 0 bridgehead atoms. The van der Waals surface area contributed by atoms with Crippen LogP contribution in [0.15, 0.2) is 121 Å². The van der Waals surface area contributed by atoms with Gasteiger partial charge in [-0.15, -0.1) is 4.76 Å². The summed E-state index contributed by atoms with van der Waals surface area (Å²) >= 11 is 32.1. The average Bonchev–Trinajstić information content (AvgIpc) is 2.91. The van der Waals surface area contributed by atoms with Crippen molar-refractivity contribution in [3.63, 3.8) is 0 Å². The molecule has 0 saturated carbocycles. The number of hydrogen-bond donors (Lipinski definition) is 0. The van der Waals surface area contributed by atoms with E-state index in [0.717, 1.165) is 19.0 Å². The molecule has 0 saturated heterocycles. The molecule has 4 aromatic rings. The first-order valence-electron chi connectivity index (χ1n) is 11.3. The fourth-order valence-electron chi connectivity index (χ4n) is 3.43. The van der Waals surface area contributed by atoms with E-state index in [4.69, 9.17) is 23.3 Å². The summed E-state index contributed by atoms with van der Waals surface area (Å²) in [5, 5.41) is 0. The molecule has 0 N–H and O–H groups in total. The molecule has 42 heavy (non-hydrogen) atoms. The predicted molar refractivity (Wildman–Crippen MR) is 200 cm³/mol. The highest BCUT2D eigenvalue weighted by Gasteiger charge is 2.36. The molecule has 1 aliphatic rings. The van der Waals surface area contributed by atoms with Crippen LogP contribution in [0.2, 0.25) is 0 Å². The molecule has 0 aromatic heterocycles. The second-order valence-corrected chi connectivity index (χ2v) is 17.8. The Morgan fingerprint density at radius 3 is 1.36 bits per heavy atom. The van der Waals surface area contributed by atoms with Crippen LogP contribution in [0.3, 0.4) is 0 Å². The van der Waals surface area contributed by atoms with Gasteiger partial charge in [0.2, 0.25) is 0 Å². The summed E-state index contributed by atoms with van der Waals surface area (Å²) in [6.45, 7) is 0. The SMILES string of the molecule is Brc1cc(Br)c(OC2=NP(Oc3c(Br)cc(Br)cc3Br)(Oc3c(Br)cc(Br)cc3Br)=NC(c3ccccc3)=N2)c(Br)c1. The van der Waals surface area contributed by atoms with E-state index in [1.807, 2.05) is 66.7 Å². The zero-order chi connectivity index (χ0) is 30.2. The molecule has 0 aliphatic carbocycles. The minimum absolute atomic E-state index is 0.00498. The van der Waals surface area contributed by atoms with Crippen molar-refractivity contribution in [1.82, 2.24) is 0 Å². The molecule has 16 heteroatoms. The van der Waals surface area contributed by atoms with Crippen LogP contribution < -0.4 is 13.8 Å². The highest BCUT2D eigenvalue weighted by molar-refractivity contribution is 9.12. The molecule has 216 valence electrons. The molecule has 0 atom stereocenters. The molecule has 0 fully saturated rings. The van der Waals surface area contributed by atoms with Gasteiger partial charge in [-0.05, 0) is 132 Å². The number of hydrogen-bond acceptors (Lipinski definition) is 6. The number of benzene rings is 4. The first kappa shape index (κ1) is 33.5. The molecule has 0 unspecified atom stereocenters. The molecule has 1 heterocycles. The number of aliphatic imine (C=N–C) groups is 1. The van der Waals surface area contributed by atoms with E-state index < -0.39 is 7.66 Å². The van der Waals surface area contributed by atoms with E-state index in [-0.39, 0.29) is 6.02 Å². The summed E-state index contributed by atoms with van der Waals surface area (Å²) in [6, 6.07) is 20.6. The van der Waals surface area contributed by atoms with E-state index in [9.17, 15) is 0 Å². The van der Waals surface area contributed by atoms with Gasteiger partial charge in [0.05, 0.1) is 26.8 Å². The Hall–Kier alpha value is 0.170. The second kappa shape index (κ2) is 14.3. The first-order valence-corrected chi connectivity index (χ1v) is 20.0. The molecule has 5 rings (SSSR count). The maximum absolute atomic E-state index is 6.68. The van der Waals surface area contributed by atoms with Crippen molar-refractivity contribution < 1.29 is 13.8 Å². The lowest BCUT2D eigenvalue weighted by atomic mass is 10.2. The first-order chi connectivity index (χ1) is 19.9. The Balaban J connectivity index is 1.76. The molecule has 0 spiro atoms. The zero-order valence-electron chi connectivity index (χ0n) is 20.3.